The summed E-state index contributed by atoms with van der Waals surface area (Å²) in [5.41, 5.74) is -0.531. The first-order valence-electron chi connectivity index (χ1n) is 5.38. The number of hydrogen-bond acceptors (Lipinski definition) is 2. The lowest BCUT2D eigenvalue weighted by Crippen LogP contribution is -2.08. The first-order valence-corrected chi connectivity index (χ1v) is 6.96. The highest BCUT2D eigenvalue weighted by Gasteiger charge is 2.29. The van der Waals surface area contributed by atoms with Crippen molar-refractivity contribution in [2.24, 2.45) is 0 Å². The zero-order valence-electron chi connectivity index (χ0n) is 9.62. The Labute approximate surface area is 86.8 Å². The molecule has 0 aliphatic carbocycles. The van der Waals surface area contributed by atoms with Crippen molar-refractivity contribution in [3.05, 3.63) is 0 Å². The molecule has 2 unspecified atom stereocenters. The quantitative estimate of drug-likeness (QED) is 0.468. The summed E-state index contributed by atoms with van der Waals surface area (Å²) < 4.78 is 29.5. The van der Waals surface area contributed by atoms with Crippen LogP contribution in [0.3, 0.4) is 0 Å². The summed E-state index contributed by atoms with van der Waals surface area (Å²) in [6.07, 6.45) is 3.81. The van der Waals surface area contributed by atoms with Gasteiger partial charge in [-0.15, -0.1) is 0 Å². The summed E-state index contributed by atoms with van der Waals surface area (Å²) in [5, 5.41) is 0. The van der Waals surface area contributed by atoms with Gasteiger partial charge in [0.15, 0.2) is 0 Å². The largest absolute Gasteiger partial charge is 0.370 e. The second kappa shape index (κ2) is 6.58. The van der Waals surface area contributed by atoms with Crippen LogP contribution in [0.4, 0.5) is 4.20 Å². The van der Waals surface area contributed by atoms with E-state index in [0.717, 1.165) is 25.7 Å². The van der Waals surface area contributed by atoms with Crippen LogP contribution < -0.4 is 0 Å². The lowest BCUT2D eigenvalue weighted by molar-refractivity contribution is 0.189. The van der Waals surface area contributed by atoms with Crippen LogP contribution in [-0.2, 0) is 9.09 Å². The Morgan fingerprint density at radius 3 is 2.29 bits per heavy atom. The van der Waals surface area contributed by atoms with Crippen LogP contribution in [0.15, 0.2) is 0 Å². The van der Waals surface area contributed by atoms with Gasteiger partial charge in [-0.3, -0.25) is 4.57 Å². The maximum absolute atomic E-state index is 13.3. The van der Waals surface area contributed by atoms with Crippen molar-refractivity contribution in [2.45, 2.75) is 65.1 Å². The number of unbranched alkanes of at least 4 members (excludes halogenated alkanes) is 2. The maximum atomic E-state index is 13.3. The first kappa shape index (κ1) is 14.1. The molecule has 86 valence electrons. The van der Waals surface area contributed by atoms with Gasteiger partial charge in [-0.25, -0.2) is 0 Å². The number of halogens is 1. The number of rotatable bonds is 7. The molecule has 14 heavy (non-hydrogen) atoms. The minimum atomic E-state index is -3.87. The summed E-state index contributed by atoms with van der Waals surface area (Å²) in [5.74, 6) is 0. The Balaban J connectivity index is 3.81. The zero-order chi connectivity index (χ0) is 11.2. The fourth-order valence-corrected chi connectivity index (χ4v) is 1.94. The molecule has 0 saturated heterocycles. The van der Waals surface area contributed by atoms with Gasteiger partial charge in [0.05, 0.1) is 11.8 Å². The van der Waals surface area contributed by atoms with Crippen LogP contribution in [0.1, 0.15) is 53.4 Å². The molecule has 0 amide bonds. The van der Waals surface area contributed by atoms with Crippen molar-refractivity contribution in [3.63, 3.8) is 0 Å². The average molecular weight is 224 g/mol. The van der Waals surface area contributed by atoms with E-state index in [1.54, 1.807) is 20.8 Å². The van der Waals surface area contributed by atoms with Crippen LogP contribution >= 0.6 is 7.68 Å². The second-order valence-electron chi connectivity index (χ2n) is 4.03. The van der Waals surface area contributed by atoms with Gasteiger partial charge in [-0.1, -0.05) is 40.0 Å². The fourth-order valence-electron chi connectivity index (χ4n) is 1.10. The lowest BCUT2D eigenvalue weighted by Gasteiger charge is -2.18. The highest BCUT2D eigenvalue weighted by molar-refractivity contribution is 7.54. The maximum Gasteiger partial charge on any atom is 0.370 e. The number of hydrogen-bond donors (Lipinski definition) is 0. The third-order valence-electron chi connectivity index (χ3n) is 2.15. The highest BCUT2D eigenvalue weighted by atomic mass is 31.2. The van der Waals surface area contributed by atoms with Crippen LogP contribution in [0.2, 0.25) is 0 Å². The molecule has 0 N–H and O–H groups in total. The van der Waals surface area contributed by atoms with Crippen LogP contribution in [0.5, 0.6) is 0 Å². The molecule has 0 bridgehead atoms. The van der Waals surface area contributed by atoms with Gasteiger partial charge >= 0.3 is 7.68 Å². The van der Waals surface area contributed by atoms with E-state index in [4.69, 9.17) is 4.52 Å². The molecule has 0 heterocycles. The molecule has 0 aromatic carbocycles. The Bertz CT molecular complexity index is 195. The Kier molecular flexibility index (Phi) is 6.63. The third kappa shape index (κ3) is 5.77. The molecule has 0 aliphatic heterocycles. The smallest absolute Gasteiger partial charge is 0.302 e. The van der Waals surface area contributed by atoms with E-state index < -0.39 is 13.3 Å². The summed E-state index contributed by atoms with van der Waals surface area (Å²) in [6.45, 7) is 7.06. The van der Waals surface area contributed by atoms with Crippen molar-refractivity contribution < 1.29 is 13.3 Å². The zero-order valence-corrected chi connectivity index (χ0v) is 10.5. The Morgan fingerprint density at radius 1 is 1.29 bits per heavy atom. The van der Waals surface area contributed by atoms with Crippen LogP contribution in [-0.4, -0.2) is 11.8 Å². The minimum absolute atomic E-state index is 0.236. The van der Waals surface area contributed by atoms with Gasteiger partial charge in [-0.2, -0.15) is 4.20 Å². The predicted octanol–water partition coefficient (Wildman–Crippen LogP) is 4.54. The fraction of sp³-hybridized carbons (Fsp3) is 1.00. The van der Waals surface area contributed by atoms with Crippen molar-refractivity contribution in [1.82, 2.24) is 0 Å². The van der Waals surface area contributed by atoms with E-state index in [1.807, 2.05) is 0 Å². The van der Waals surface area contributed by atoms with Gasteiger partial charge in [0.2, 0.25) is 0 Å². The van der Waals surface area contributed by atoms with E-state index >= 15 is 0 Å². The molecule has 4 heteroatoms. The topological polar surface area (TPSA) is 26.3 Å². The summed E-state index contributed by atoms with van der Waals surface area (Å²) in [7, 11) is -3.87. The standard InChI is InChI=1S/C10H22FO2P/c1-5-6-7-8-10(4)13-14(11,12)9(2)3/h9-10H,5-8H2,1-4H3. The highest BCUT2D eigenvalue weighted by Crippen LogP contribution is 2.54. The SMILES string of the molecule is CCCCCC(C)OP(=O)(F)C(C)C. The van der Waals surface area contributed by atoms with E-state index in [2.05, 4.69) is 6.92 Å². The molecular weight excluding hydrogens is 202 g/mol. The van der Waals surface area contributed by atoms with Crippen LogP contribution in [0.25, 0.3) is 0 Å². The minimum Gasteiger partial charge on any atom is -0.302 e. The van der Waals surface area contributed by atoms with Gasteiger partial charge in [0.1, 0.15) is 0 Å². The van der Waals surface area contributed by atoms with E-state index in [9.17, 15) is 8.76 Å². The van der Waals surface area contributed by atoms with Gasteiger partial charge < -0.3 is 4.52 Å². The molecule has 0 aromatic heterocycles. The molecule has 0 aromatic rings. The van der Waals surface area contributed by atoms with E-state index in [-0.39, 0.29) is 6.10 Å². The first-order chi connectivity index (χ1) is 6.40. The molecule has 0 fully saturated rings. The van der Waals surface area contributed by atoms with Crippen molar-refractivity contribution >= 4 is 7.68 Å². The second-order valence-corrected chi connectivity index (χ2v) is 6.31. The third-order valence-corrected chi connectivity index (χ3v) is 4.04. The van der Waals surface area contributed by atoms with Gasteiger partial charge in [0.25, 0.3) is 0 Å². The molecule has 2 atom stereocenters. The molecule has 0 rings (SSSR count). The van der Waals surface area contributed by atoms with Crippen molar-refractivity contribution in [3.8, 4) is 0 Å². The molecule has 0 spiro atoms. The Hall–Kier alpha value is 0.120. The molecule has 0 radical (unpaired) electrons. The van der Waals surface area contributed by atoms with Crippen LogP contribution in [0, 0.1) is 0 Å². The van der Waals surface area contributed by atoms with Gasteiger partial charge in [-0.05, 0) is 13.3 Å². The normalized spacial score (nSPS) is 18.1. The van der Waals surface area contributed by atoms with E-state index in [0.29, 0.717) is 0 Å². The predicted molar refractivity (Wildman–Crippen MR) is 58.5 cm³/mol. The molecule has 2 nitrogen and oxygen atoms in total. The van der Waals surface area contributed by atoms with Crippen molar-refractivity contribution in [1.29, 1.82) is 0 Å². The Morgan fingerprint density at radius 2 is 1.86 bits per heavy atom. The van der Waals surface area contributed by atoms with E-state index in [1.165, 1.54) is 0 Å². The monoisotopic (exact) mass is 224 g/mol. The summed E-state index contributed by atoms with van der Waals surface area (Å²) >= 11 is 0. The molecule has 0 saturated carbocycles. The summed E-state index contributed by atoms with van der Waals surface area (Å²) in [6, 6.07) is 0. The van der Waals surface area contributed by atoms with Gasteiger partial charge in [0, 0.05) is 0 Å². The lowest BCUT2D eigenvalue weighted by atomic mass is 10.1. The average Bonchev–Trinajstić information content (AvgIpc) is 2.03. The molecular formula is C10H22FO2P. The van der Waals surface area contributed by atoms with Crippen molar-refractivity contribution in [2.75, 3.05) is 0 Å². The summed E-state index contributed by atoms with van der Waals surface area (Å²) in [4.78, 5) is 0. The molecule has 0 aliphatic rings.